The maximum atomic E-state index is 12.8. The van der Waals surface area contributed by atoms with E-state index < -0.39 is 23.6 Å². The number of aromatic amines is 1. The minimum absolute atomic E-state index is 0.200. The molecule has 3 nitrogen and oxygen atoms in total. The molecule has 6 heteroatoms. The Labute approximate surface area is 148 Å². The third kappa shape index (κ3) is 3.45. The van der Waals surface area contributed by atoms with Crippen molar-refractivity contribution in [3.8, 4) is 0 Å². The van der Waals surface area contributed by atoms with Crippen LogP contribution < -0.4 is 0 Å². The van der Waals surface area contributed by atoms with E-state index in [1.54, 1.807) is 6.20 Å². The Kier molecular flexibility index (Phi) is 4.76. The van der Waals surface area contributed by atoms with Crippen molar-refractivity contribution < 1.29 is 23.1 Å². The standard InChI is InChI=1S/C20H18F3NO2/c1-2-12-4-3-5-15-17(11-24-19(12)15)16(10-18(25)26)13-6-8-14(9-7-13)20(21,22)23/h3-9,11,16,24H,2,10H2,1H3,(H,25,26). The van der Waals surface area contributed by atoms with Gasteiger partial charge in [0.25, 0.3) is 0 Å². The van der Waals surface area contributed by atoms with E-state index in [0.717, 1.165) is 40.6 Å². The van der Waals surface area contributed by atoms with E-state index in [2.05, 4.69) is 4.98 Å². The van der Waals surface area contributed by atoms with Gasteiger partial charge < -0.3 is 10.1 Å². The average molecular weight is 361 g/mol. The van der Waals surface area contributed by atoms with Gasteiger partial charge in [-0.2, -0.15) is 13.2 Å². The molecule has 1 heterocycles. The smallest absolute Gasteiger partial charge is 0.416 e. The predicted molar refractivity (Wildman–Crippen MR) is 93.2 cm³/mol. The minimum atomic E-state index is -4.42. The summed E-state index contributed by atoms with van der Waals surface area (Å²) in [5.41, 5.74) is 2.62. The third-order valence-corrected chi connectivity index (χ3v) is 4.61. The molecule has 2 aromatic carbocycles. The number of hydrogen-bond acceptors (Lipinski definition) is 1. The summed E-state index contributed by atoms with van der Waals surface area (Å²) in [4.78, 5) is 14.6. The van der Waals surface area contributed by atoms with Crippen molar-refractivity contribution in [1.82, 2.24) is 4.98 Å². The molecule has 0 saturated heterocycles. The maximum Gasteiger partial charge on any atom is 0.416 e. The van der Waals surface area contributed by atoms with E-state index >= 15 is 0 Å². The van der Waals surface area contributed by atoms with Crippen LogP contribution in [0.3, 0.4) is 0 Å². The summed E-state index contributed by atoms with van der Waals surface area (Å²) in [6.45, 7) is 2.03. The first-order valence-electron chi connectivity index (χ1n) is 8.29. The molecule has 1 aromatic heterocycles. The number of halogens is 3. The zero-order chi connectivity index (χ0) is 18.9. The molecule has 0 aliphatic rings. The highest BCUT2D eigenvalue weighted by molar-refractivity contribution is 5.87. The largest absolute Gasteiger partial charge is 0.481 e. The predicted octanol–water partition coefficient (Wildman–Crippen LogP) is 5.36. The molecule has 1 unspecified atom stereocenters. The highest BCUT2D eigenvalue weighted by atomic mass is 19.4. The van der Waals surface area contributed by atoms with Gasteiger partial charge in [0, 0.05) is 23.0 Å². The van der Waals surface area contributed by atoms with Gasteiger partial charge >= 0.3 is 12.1 Å². The minimum Gasteiger partial charge on any atom is -0.481 e. The van der Waals surface area contributed by atoms with Crippen molar-refractivity contribution in [1.29, 1.82) is 0 Å². The van der Waals surface area contributed by atoms with Crippen molar-refractivity contribution >= 4 is 16.9 Å². The summed E-state index contributed by atoms with van der Waals surface area (Å²) in [5, 5.41) is 10.2. The number of alkyl halides is 3. The van der Waals surface area contributed by atoms with E-state index in [4.69, 9.17) is 0 Å². The second kappa shape index (κ2) is 6.86. The topological polar surface area (TPSA) is 53.1 Å². The summed E-state index contributed by atoms with van der Waals surface area (Å²) in [7, 11) is 0. The van der Waals surface area contributed by atoms with Gasteiger partial charge in [0.05, 0.1) is 12.0 Å². The number of hydrogen-bond donors (Lipinski definition) is 2. The van der Waals surface area contributed by atoms with Crippen LogP contribution >= 0.6 is 0 Å². The molecule has 26 heavy (non-hydrogen) atoms. The van der Waals surface area contributed by atoms with Crippen LogP contribution in [0.15, 0.2) is 48.7 Å². The first-order valence-corrected chi connectivity index (χ1v) is 8.29. The van der Waals surface area contributed by atoms with E-state index in [9.17, 15) is 23.1 Å². The molecule has 0 spiro atoms. The summed E-state index contributed by atoms with van der Waals surface area (Å²) >= 11 is 0. The fourth-order valence-corrected chi connectivity index (χ4v) is 3.31. The normalized spacial score (nSPS) is 13.1. The Hall–Kier alpha value is -2.76. The van der Waals surface area contributed by atoms with Crippen LogP contribution in [-0.4, -0.2) is 16.1 Å². The molecule has 136 valence electrons. The summed E-state index contributed by atoms with van der Waals surface area (Å²) in [6, 6.07) is 10.5. The lowest BCUT2D eigenvalue weighted by Crippen LogP contribution is -2.09. The van der Waals surface area contributed by atoms with E-state index in [1.165, 1.54) is 12.1 Å². The molecule has 2 N–H and O–H groups in total. The fourth-order valence-electron chi connectivity index (χ4n) is 3.31. The monoisotopic (exact) mass is 361 g/mol. The number of rotatable bonds is 5. The number of aliphatic carboxylic acids is 1. The number of nitrogens with one attached hydrogen (secondary N) is 1. The molecule has 0 aliphatic carbocycles. The van der Waals surface area contributed by atoms with Crippen LogP contribution in [0.1, 0.15) is 41.5 Å². The van der Waals surface area contributed by atoms with Gasteiger partial charge in [-0.05, 0) is 35.2 Å². The van der Waals surface area contributed by atoms with Gasteiger partial charge in [0.1, 0.15) is 0 Å². The highest BCUT2D eigenvalue weighted by Gasteiger charge is 2.30. The Morgan fingerprint density at radius 3 is 2.42 bits per heavy atom. The van der Waals surface area contributed by atoms with Crippen molar-refractivity contribution in [3.63, 3.8) is 0 Å². The number of aryl methyl sites for hydroxylation is 1. The third-order valence-electron chi connectivity index (χ3n) is 4.61. The van der Waals surface area contributed by atoms with Crippen molar-refractivity contribution in [2.24, 2.45) is 0 Å². The molecule has 0 radical (unpaired) electrons. The van der Waals surface area contributed by atoms with Crippen molar-refractivity contribution in [2.45, 2.75) is 31.9 Å². The zero-order valence-corrected chi connectivity index (χ0v) is 14.1. The lowest BCUT2D eigenvalue weighted by molar-refractivity contribution is -0.138. The first-order chi connectivity index (χ1) is 12.3. The number of aromatic nitrogens is 1. The number of carboxylic acid groups (broad SMARTS) is 1. The number of H-pyrrole nitrogens is 1. The van der Waals surface area contributed by atoms with Gasteiger partial charge in [-0.15, -0.1) is 0 Å². The zero-order valence-electron chi connectivity index (χ0n) is 14.1. The Morgan fingerprint density at radius 2 is 1.85 bits per heavy atom. The first kappa shape index (κ1) is 18.0. The van der Waals surface area contributed by atoms with Gasteiger partial charge in [0.2, 0.25) is 0 Å². The molecule has 3 aromatic rings. The molecule has 3 rings (SSSR count). The van der Waals surface area contributed by atoms with Crippen LogP contribution in [0, 0.1) is 0 Å². The van der Waals surface area contributed by atoms with Crippen molar-refractivity contribution in [3.05, 3.63) is 70.9 Å². The van der Waals surface area contributed by atoms with Gasteiger partial charge in [-0.1, -0.05) is 37.3 Å². The Balaban J connectivity index is 2.08. The number of carboxylic acids is 1. The van der Waals surface area contributed by atoms with Gasteiger partial charge in [0.15, 0.2) is 0 Å². The molecule has 0 bridgehead atoms. The highest BCUT2D eigenvalue weighted by Crippen LogP contribution is 2.36. The van der Waals surface area contributed by atoms with Crippen molar-refractivity contribution in [2.75, 3.05) is 0 Å². The van der Waals surface area contributed by atoms with Crippen LogP contribution in [-0.2, 0) is 17.4 Å². The fraction of sp³-hybridized carbons (Fsp3) is 0.250. The average Bonchev–Trinajstić information content (AvgIpc) is 3.03. The quantitative estimate of drug-likeness (QED) is 0.643. The van der Waals surface area contributed by atoms with Crippen LogP contribution in [0.2, 0.25) is 0 Å². The van der Waals surface area contributed by atoms with Crippen LogP contribution in [0.25, 0.3) is 10.9 Å². The van der Waals surface area contributed by atoms with Gasteiger partial charge in [-0.25, -0.2) is 0 Å². The molecular weight excluding hydrogens is 343 g/mol. The van der Waals surface area contributed by atoms with Crippen LogP contribution in [0.4, 0.5) is 13.2 Å². The van der Waals surface area contributed by atoms with E-state index in [1.807, 2.05) is 25.1 Å². The van der Waals surface area contributed by atoms with Gasteiger partial charge in [-0.3, -0.25) is 4.79 Å². The SMILES string of the molecule is CCc1cccc2c(C(CC(=O)O)c3ccc(C(F)(F)F)cc3)c[nH]c12. The second-order valence-corrected chi connectivity index (χ2v) is 6.21. The number of carbonyl (C=O) groups is 1. The number of benzene rings is 2. The van der Waals surface area contributed by atoms with E-state index in [-0.39, 0.29) is 6.42 Å². The molecular formula is C20H18F3NO2. The Bertz CT molecular complexity index is 926. The number of para-hydroxylation sites is 1. The molecule has 1 atom stereocenters. The molecule has 0 saturated carbocycles. The summed E-state index contributed by atoms with van der Waals surface area (Å²) in [6.07, 6.45) is -2.04. The lowest BCUT2D eigenvalue weighted by atomic mass is 9.87. The molecule has 0 fully saturated rings. The summed E-state index contributed by atoms with van der Waals surface area (Å²) in [5.74, 6) is -1.54. The molecule has 0 aliphatic heterocycles. The molecule has 0 amide bonds. The maximum absolute atomic E-state index is 12.8. The van der Waals surface area contributed by atoms with Crippen LogP contribution in [0.5, 0.6) is 0 Å². The lowest BCUT2D eigenvalue weighted by Gasteiger charge is -2.16. The number of fused-ring (bicyclic) bond motifs is 1. The summed E-state index contributed by atoms with van der Waals surface area (Å²) < 4.78 is 38.4. The van der Waals surface area contributed by atoms with E-state index in [0.29, 0.717) is 5.56 Å². The Morgan fingerprint density at radius 1 is 1.15 bits per heavy atom. The second-order valence-electron chi connectivity index (χ2n) is 6.21.